The molecule has 4 heteroatoms. The minimum atomic E-state index is -0.642. The fourth-order valence-corrected chi connectivity index (χ4v) is 1.56. The van der Waals surface area contributed by atoms with Crippen molar-refractivity contribution in [3.05, 3.63) is 59.7 Å². The molecule has 0 radical (unpaired) electrons. The minimum absolute atomic E-state index is 0.175. The molecular formula is C14H10F2N2. The van der Waals surface area contributed by atoms with Gasteiger partial charge in [-0.05, 0) is 29.8 Å². The second-order valence-corrected chi connectivity index (χ2v) is 3.75. The first kappa shape index (κ1) is 12.1. The Morgan fingerprint density at radius 3 is 2.17 bits per heavy atom. The monoisotopic (exact) mass is 244 g/mol. The number of benzene rings is 2. The first-order valence-electron chi connectivity index (χ1n) is 5.37. The third-order valence-corrected chi connectivity index (χ3v) is 2.47. The van der Waals surface area contributed by atoms with Gasteiger partial charge in [-0.3, -0.25) is 0 Å². The molecule has 0 bridgehead atoms. The molecule has 0 heterocycles. The summed E-state index contributed by atoms with van der Waals surface area (Å²) in [6.45, 7) is 0. The first-order valence-corrected chi connectivity index (χ1v) is 5.37. The molecule has 0 spiro atoms. The SMILES string of the molecule is N#CCc1ccc(Nc2c(F)cccc2F)cc1. The van der Waals surface area contributed by atoms with Crippen molar-refractivity contribution in [2.45, 2.75) is 6.42 Å². The Balaban J connectivity index is 2.22. The molecule has 1 N–H and O–H groups in total. The Morgan fingerprint density at radius 1 is 1.00 bits per heavy atom. The van der Waals surface area contributed by atoms with Gasteiger partial charge >= 0.3 is 0 Å². The summed E-state index contributed by atoms with van der Waals surface area (Å²) in [5.74, 6) is -1.28. The molecule has 90 valence electrons. The number of rotatable bonds is 3. The first-order chi connectivity index (χ1) is 8.70. The highest BCUT2D eigenvalue weighted by Gasteiger charge is 2.07. The van der Waals surface area contributed by atoms with Gasteiger partial charge in [-0.25, -0.2) is 8.78 Å². The van der Waals surface area contributed by atoms with Crippen molar-refractivity contribution >= 4 is 11.4 Å². The van der Waals surface area contributed by atoms with Gasteiger partial charge in [0, 0.05) is 5.69 Å². The molecular weight excluding hydrogens is 234 g/mol. The maximum Gasteiger partial charge on any atom is 0.149 e. The molecule has 0 saturated carbocycles. The predicted octanol–water partition coefficient (Wildman–Crippen LogP) is 3.77. The van der Waals surface area contributed by atoms with Crippen LogP contribution in [0.25, 0.3) is 0 Å². The fraction of sp³-hybridized carbons (Fsp3) is 0.0714. The van der Waals surface area contributed by atoms with Crippen molar-refractivity contribution in [1.29, 1.82) is 5.26 Å². The van der Waals surface area contributed by atoms with Crippen LogP contribution in [0.2, 0.25) is 0 Å². The molecule has 0 atom stereocenters. The zero-order valence-electron chi connectivity index (χ0n) is 9.45. The van der Waals surface area contributed by atoms with Crippen LogP contribution in [0.3, 0.4) is 0 Å². The second-order valence-electron chi connectivity index (χ2n) is 3.75. The molecule has 0 aliphatic heterocycles. The number of anilines is 2. The van der Waals surface area contributed by atoms with E-state index in [0.29, 0.717) is 12.1 Å². The lowest BCUT2D eigenvalue weighted by atomic mass is 10.1. The Kier molecular flexibility index (Phi) is 3.54. The number of hydrogen-bond donors (Lipinski definition) is 1. The molecule has 18 heavy (non-hydrogen) atoms. The average molecular weight is 244 g/mol. The standard InChI is InChI=1S/C14H10F2N2/c15-12-2-1-3-13(16)14(12)18-11-6-4-10(5-7-11)8-9-17/h1-7,18H,8H2. The Bertz CT molecular complexity index is 565. The third kappa shape index (κ3) is 2.64. The van der Waals surface area contributed by atoms with Crippen LogP contribution in [0.5, 0.6) is 0 Å². The van der Waals surface area contributed by atoms with Crippen molar-refractivity contribution in [2.75, 3.05) is 5.32 Å². The summed E-state index contributed by atoms with van der Waals surface area (Å²) >= 11 is 0. The van der Waals surface area contributed by atoms with E-state index in [1.807, 2.05) is 6.07 Å². The van der Waals surface area contributed by atoms with Crippen molar-refractivity contribution in [1.82, 2.24) is 0 Å². The maximum atomic E-state index is 13.4. The van der Waals surface area contributed by atoms with E-state index in [9.17, 15) is 8.78 Å². The molecule has 0 aromatic heterocycles. The topological polar surface area (TPSA) is 35.8 Å². The summed E-state index contributed by atoms with van der Waals surface area (Å²) in [5.41, 5.74) is 1.25. The van der Waals surface area contributed by atoms with Crippen LogP contribution < -0.4 is 5.32 Å². The highest BCUT2D eigenvalue weighted by Crippen LogP contribution is 2.23. The summed E-state index contributed by atoms with van der Waals surface area (Å²) in [6, 6.07) is 12.6. The summed E-state index contributed by atoms with van der Waals surface area (Å²) in [7, 11) is 0. The number of nitrogens with one attached hydrogen (secondary N) is 1. The lowest BCUT2D eigenvalue weighted by Crippen LogP contribution is -1.97. The minimum Gasteiger partial charge on any atom is -0.351 e. The largest absolute Gasteiger partial charge is 0.351 e. The van der Waals surface area contributed by atoms with Crippen molar-refractivity contribution in [3.63, 3.8) is 0 Å². The van der Waals surface area contributed by atoms with Crippen LogP contribution in [0.15, 0.2) is 42.5 Å². The lowest BCUT2D eigenvalue weighted by Gasteiger charge is -2.08. The highest BCUT2D eigenvalue weighted by atomic mass is 19.1. The molecule has 0 saturated heterocycles. The van der Waals surface area contributed by atoms with Crippen LogP contribution in [0.1, 0.15) is 5.56 Å². The van der Waals surface area contributed by atoms with E-state index in [-0.39, 0.29) is 5.69 Å². The smallest absolute Gasteiger partial charge is 0.149 e. The summed E-state index contributed by atoms with van der Waals surface area (Å²) in [6.07, 6.45) is 0.314. The van der Waals surface area contributed by atoms with Crippen LogP contribution in [-0.4, -0.2) is 0 Å². The van der Waals surface area contributed by atoms with E-state index >= 15 is 0 Å². The Hall–Kier alpha value is -2.41. The van der Waals surface area contributed by atoms with Gasteiger partial charge in [0.05, 0.1) is 12.5 Å². The summed E-state index contributed by atoms with van der Waals surface area (Å²) in [4.78, 5) is 0. The summed E-state index contributed by atoms with van der Waals surface area (Å²) < 4.78 is 26.8. The Morgan fingerprint density at radius 2 is 1.61 bits per heavy atom. The van der Waals surface area contributed by atoms with Crippen LogP contribution in [0, 0.1) is 23.0 Å². The molecule has 2 aromatic carbocycles. The van der Waals surface area contributed by atoms with Crippen LogP contribution in [0.4, 0.5) is 20.2 Å². The van der Waals surface area contributed by atoms with Crippen molar-refractivity contribution < 1.29 is 8.78 Å². The van der Waals surface area contributed by atoms with E-state index < -0.39 is 11.6 Å². The highest BCUT2D eigenvalue weighted by molar-refractivity contribution is 5.61. The van der Waals surface area contributed by atoms with Gasteiger partial charge in [-0.1, -0.05) is 18.2 Å². The molecule has 2 nitrogen and oxygen atoms in total. The average Bonchev–Trinajstić information content (AvgIpc) is 2.36. The fourth-order valence-electron chi connectivity index (χ4n) is 1.56. The van der Waals surface area contributed by atoms with Crippen molar-refractivity contribution in [3.8, 4) is 6.07 Å². The van der Waals surface area contributed by atoms with Crippen molar-refractivity contribution in [2.24, 2.45) is 0 Å². The molecule has 0 unspecified atom stereocenters. The normalized spacial score (nSPS) is 9.83. The number of nitrogens with zero attached hydrogens (tertiary/aromatic N) is 1. The van der Waals surface area contributed by atoms with E-state index in [4.69, 9.17) is 5.26 Å². The lowest BCUT2D eigenvalue weighted by molar-refractivity contribution is 0.591. The zero-order valence-corrected chi connectivity index (χ0v) is 9.45. The van der Waals surface area contributed by atoms with Gasteiger partial charge in [-0.2, -0.15) is 5.26 Å². The van der Waals surface area contributed by atoms with Gasteiger partial charge in [0.15, 0.2) is 0 Å². The molecule has 2 aromatic rings. The van der Waals surface area contributed by atoms with E-state index in [1.54, 1.807) is 24.3 Å². The summed E-state index contributed by atoms with van der Waals surface area (Å²) in [5, 5.41) is 11.2. The van der Waals surface area contributed by atoms with Gasteiger partial charge < -0.3 is 5.32 Å². The van der Waals surface area contributed by atoms with Gasteiger partial charge in [0.25, 0.3) is 0 Å². The molecule has 0 fully saturated rings. The molecule has 2 rings (SSSR count). The van der Waals surface area contributed by atoms with Gasteiger partial charge in [0.2, 0.25) is 0 Å². The number of hydrogen-bond acceptors (Lipinski definition) is 2. The van der Waals surface area contributed by atoms with Crippen LogP contribution in [-0.2, 0) is 6.42 Å². The number of halogens is 2. The van der Waals surface area contributed by atoms with E-state index in [0.717, 1.165) is 5.56 Å². The van der Waals surface area contributed by atoms with E-state index in [1.165, 1.54) is 18.2 Å². The molecule has 0 aliphatic rings. The van der Waals surface area contributed by atoms with E-state index in [2.05, 4.69) is 5.32 Å². The third-order valence-electron chi connectivity index (χ3n) is 2.47. The Labute approximate surface area is 103 Å². The van der Waals surface area contributed by atoms with Gasteiger partial charge in [-0.15, -0.1) is 0 Å². The predicted molar refractivity (Wildman–Crippen MR) is 65.4 cm³/mol. The molecule has 0 amide bonds. The maximum absolute atomic E-state index is 13.4. The zero-order chi connectivity index (χ0) is 13.0. The second kappa shape index (κ2) is 5.28. The number of para-hydroxylation sites is 1. The number of nitriles is 1. The van der Waals surface area contributed by atoms with Crippen LogP contribution >= 0.6 is 0 Å². The quantitative estimate of drug-likeness (QED) is 0.891. The molecule has 0 aliphatic carbocycles. The van der Waals surface area contributed by atoms with Gasteiger partial charge in [0.1, 0.15) is 17.3 Å².